The Labute approximate surface area is 105 Å². The fourth-order valence-electron chi connectivity index (χ4n) is 2.47. The highest BCUT2D eigenvalue weighted by Crippen LogP contribution is 2.29. The molecule has 1 atom stereocenters. The van der Waals surface area contributed by atoms with Crippen LogP contribution in [0.3, 0.4) is 0 Å². The maximum Gasteiger partial charge on any atom is 0.0345 e. The van der Waals surface area contributed by atoms with E-state index in [0.29, 0.717) is 6.04 Å². The minimum Gasteiger partial charge on any atom is -0.299 e. The Morgan fingerprint density at radius 2 is 1.88 bits per heavy atom. The average Bonchev–Trinajstić information content (AvgIpc) is 2.30. The van der Waals surface area contributed by atoms with Crippen molar-refractivity contribution >= 4 is 12.4 Å². The number of hydrogen-bond acceptors (Lipinski definition) is 1. The number of rotatable bonds is 2. The highest BCUT2D eigenvalue weighted by Gasteiger charge is 2.19. The van der Waals surface area contributed by atoms with Gasteiger partial charge in [-0.15, -0.1) is 12.4 Å². The zero-order valence-electron chi connectivity index (χ0n) is 10.3. The van der Waals surface area contributed by atoms with Gasteiger partial charge in [0.05, 0.1) is 0 Å². The molecule has 16 heavy (non-hydrogen) atoms. The SMILES string of the molecule is CCc1ccc(C2CCCCN2C)cc1.Cl. The van der Waals surface area contributed by atoms with Crippen molar-refractivity contribution in [1.29, 1.82) is 0 Å². The molecule has 1 heterocycles. The van der Waals surface area contributed by atoms with Gasteiger partial charge < -0.3 is 0 Å². The third kappa shape index (κ3) is 2.99. The van der Waals surface area contributed by atoms with Crippen LogP contribution in [-0.4, -0.2) is 18.5 Å². The quantitative estimate of drug-likeness (QED) is 0.758. The number of halogens is 1. The topological polar surface area (TPSA) is 3.24 Å². The van der Waals surface area contributed by atoms with Crippen LogP contribution in [0, 0.1) is 0 Å². The molecule has 1 aromatic carbocycles. The Morgan fingerprint density at radius 1 is 1.19 bits per heavy atom. The Kier molecular flexibility index (Phi) is 5.30. The zero-order valence-corrected chi connectivity index (χ0v) is 11.1. The minimum absolute atomic E-state index is 0. The van der Waals surface area contributed by atoms with E-state index in [9.17, 15) is 0 Å². The third-order valence-corrected chi connectivity index (χ3v) is 3.54. The second-order valence-electron chi connectivity index (χ2n) is 4.59. The lowest BCUT2D eigenvalue weighted by molar-refractivity contribution is 0.187. The van der Waals surface area contributed by atoms with E-state index in [1.54, 1.807) is 0 Å². The Morgan fingerprint density at radius 3 is 2.44 bits per heavy atom. The van der Waals surface area contributed by atoms with Crippen LogP contribution >= 0.6 is 12.4 Å². The fourth-order valence-corrected chi connectivity index (χ4v) is 2.47. The van der Waals surface area contributed by atoms with Gasteiger partial charge in [0.2, 0.25) is 0 Å². The van der Waals surface area contributed by atoms with Crippen molar-refractivity contribution in [3.05, 3.63) is 35.4 Å². The molecule has 1 aromatic rings. The van der Waals surface area contributed by atoms with Crippen LogP contribution in [-0.2, 0) is 6.42 Å². The van der Waals surface area contributed by atoms with Crippen molar-refractivity contribution in [1.82, 2.24) is 4.90 Å². The van der Waals surface area contributed by atoms with Crippen LogP contribution in [0.15, 0.2) is 24.3 Å². The summed E-state index contributed by atoms with van der Waals surface area (Å²) in [6.45, 7) is 3.46. The van der Waals surface area contributed by atoms with E-state index in [2.05, 4.69) is 43.1 Å². The minimum atomic E-state index is 0. The lowest BCUT2D eigenvalue weighted by atomic mass is 9.95. The van der Waals surface area contributed by atoms with Crippen molar-refractivity contribution in [2.75, 3.05) is 13.6 Å². The first kappa shape index (κ1) is 13.5. The third-order valence-electron chi connectivity index (χ3n) is 3.54. The molecule has 0 amide bonds. The highest BCUT2D eigenvalue weighted by atomic mass is 35.5. The number of aryl methyl sites for hydroxylation is 1. The molecule has 90 valence electrons. The first-order valence-corrected chi connectivity index (χ1v) is 6.10. The number of likely N-dealkylation sites (tertiary alicyclic amines) is 1. The van der Waals surface area contributed by atoms with Gasteiger partial charge in [-0.1, -0.05) is 37.6 Å². The molecule has 0 spiro atoms. The van der Waals surface area contributed by atoms with Crippen molar-refractivity contribution in [3.8, 4) is 0 Å². The van der Waals surface area contributed by atoms with Crippen LogP contribution in [0.1, 0.15) is 43.4 Å². The Hall–Kier alpha value is -0.530. The number of nitrogens with zero attached hydrogens (tertiary/aromatic N) is 1. The van der Waals surface area contributed by atoms with E-state index in [-0.39, 0.29) is 12.4 Å². The van der Waals surface area contributed by atoms with E-state index in [1.807, 2.05) is 0 Å². The summed E-state index contributed by atoms with van der Waals surface area (Å²) in [4.78, 5) is 2.49. The maximum absolute atomic E-state index is 2.49. The first-order chi connectivity index (χ1) is 7.31. The molecular formula is C14H22ClN. The van der Waals surface area contributed by atoms with Crippen LogP contribution in [0.2, 0.25) is 0 Å². The molecule has 0 bridgehead atoms. The molecule has 1 unspecified atom stereocenters. The summed E-state index contributed by atoms with van der Waals surface area (Å²) >= 11 is 0. The van der Waals surface area contributed by atoms with Crippen molar-refractivity contribution in [2.45, 2.75) is 38.6 Å². The number of piperidine rings is 1. The van der Waals surface area contributed by atoms with Gasteiger partial charge in [-0.05, 0) is 44.0 Å². The summed E-state index contributed by atoms with van der Waals surface area (Å²) in [5.41, 5.74) is 2.94. The predicted octanol–water partition coefficient (Wildman–Crippen LogP) is 3.83. The van der Waals surface area contributed by atoms with Gasteiger partial charge in [-0.3, -0.25) is 4.90 Å². The summed E-state index contributed by atoms with van der Waals surface area (Å²) < 4.78 is 0. The van der Waals surface area contributed by atoms with Gasteiger partial charge in [0.25, 0.3) is 0 Å². The van der Waals surface area contributed by atoms with E-state index in [4.69, 9.17) is 0 Å². The largest absolute Gasteiger partial charge is 0.299 e. The molecule has 1 aliphatic rings. The van der Waals surface area contributed by atoms with Crippen molar-refractivity contribution < 1.29 is 0 Å². The van der Waals surface area contributed by atoms with Gasteiger partial charge in [0, 0.05) is 6.04 Å². The predicted molar refractivity (Wildman–Crippen MR) is 72.3 cm³/mol. The van der Waals surface area contributed by atoms with Crippen molar-refractivity contribution in [2.24, 2.45) is 0 Å². The van der Waals surface area contributed by atoms with Gasteiger partial charge in [-0.2, -0.15) is 0 Å². The van der Waals surface area contributed by atoms with Crippen molar-refractivity contribution in [3.63, 3.8) is 0 Å². The molecule has 1 fully saturated rings. The number of benzene rings is 1. The molecule has 0 radical (unpaired) electrons. The normalized spacial score (nSPS) is 21.5. The first-order valence-electron chi connectivity index (χ1n) is 6.10. The Bertz CT molecular complexity index is 307. The van der Waals surface area contributed by atoms with E-state index >= 15 is 0 Å². The second-order valence-corrected chi connectivity index (χ2v) is 4.59. The standard InChI is InChI=1S/C14H21N.ClH/c1-3-12-7-9-13(10-8-12)14-6-4-5-11-15(14)2;/h7-10,14H,3-6,11H2,1-2H3;1H. The van der Waals surface area contributed by atoms with Crippen LogP contribution < -0.4 is 0 Å². The molecule has 2 rings (SSSR count). The molecule has 1 aliphatic heterocycles. The summed E-state index contributed by atoms with van der Waals surface area (Å²) in [5.74, 6) is 0. The molecular weight excluding hydrogens is 218 g/mol. The number of hydrogen-bond donors (Lipinski definition) is 0. The molecule has 1 saturated heterocycles. The molecule has 2 heteroatoms. The van der Waals surface area contributed by atoms with Crippen LogP contribution in [0.4, 0.5) is 0 Å². The van der Waals surface area contributed by atoms with Gasteiger partial charge >= 0.3 is 0 Å². The van der Waals surface area contributed by atoms with E-state index < -0.39 is 0 Å². The highest BCUT2D eigenvalue weighted by molar-refractivity contribution is 5.85. The fraction of sp³-hybridized carbons (Fsp3) is 0.571. The van der Waals surface area contributed by atoms with E-state index in [0.717, 1.165) is 6.42 Å². The van der Waals surface area contributed by atoms with Crippen LogP contribution in [0.25, 0.3) is 0 Å². The lowest BCUT2D eigenvalue weighted by Gasteiger charge is -2.32. The molecule has 0 saturated carbocycles. The monoisotopic (exact) mass is 239 g/mol. The van der Waals surface area contributed by atoms with Gasteiger partial charge in [0.1, 0.15) is 0 Å². The summed E-state index contributed by atoms with van der Waals surface area (Å²) in [6, 6.07) is 9.83. The molecule has 1 nitrogen and oxygen atoms in total. The summed E-state index contributed by atoms with van der Waals surface area (Å²) in [5, 5.41) is 0. The average molecular weight is 240 g/mol. The van der Waals surface area contributed by atoms with E-state index in [1.165, 1.54) is 36.9 Å². The van der Waals surface area contributed by atoms with Gasteiger partial charge in [0.15, 0.2) is 0 Å². The molecule has 0 N–H and O–H groups in total. The smallest absolute Gasteiger partial charge is 0.0345 e. The lowest BCUT2D eigenvalue weighted by Crippen LogP contribution is -2.29. The maximum atomic E-state index is 2.49. The van der Waals surface area contributed by atoms with Crippen LogP contribution in [0.5, 0.6) is 0 Å². The summed E-state index contributed by atoms with van der Waals surface area (Å²) in [7, 11) is 2.25. The summed E-state index contributed by atoms with van der Waals surface area (Å²) in [6.07, 6.45) is 5.20. The second kappa shape index (κ2) is 6.27. The molecule has 0 aromatic heterocycles. The Balaban J connectivity index is 0.00000128. The zero-order chi connectivity index (χ0) is 10.7. The molecule has 0 aliphatic carbocycles. The van der Waals surface area contributed by atoms with Gasteiger partial charge in [-0.25, -0.2) is 0 Å².